The highest BCUT2D eigenvalue weighted by molar-refractivity contribution is 9.10. The van der Waals surface area contributed by atoms with E-state index in [0.29, 0.717) is 11.0 Å². The number of benzene rings is 1. The second-order valence-electron chi connectivity index (χ2n) is 4.73. The molecule has 0 saturated carbocycles. The molecule has 1 heterocycles. The lowest BCUT2D eigenvalue weighted by Crippen LogP contribution is -2.51. The summed E-state index contributed by atoms with van der Waals surface area (Å²) >= 11 is 3.33. The first-order valence-corrected chi connectivity index (χ1v) is 7.42. The maximum atomic E-state index is 13.1. The van der Waals surface area contributed by atoms with Crippen LogP contribution in [-0.2, 0) is 4.79 Å². The van der Waals surface area contributed by atoms with Gasteiger partial charge in [0.2, 0.25) is 5.91 Å². The van der Waals surface area contributed by atoms with Crippen LogP contribution in [0.1, 0.15) is 26.2 Å². The molecule has 0 aliphatic carbocycles. The molecule has 1 aliphatic rings. The number of carbonyl (C=O) groups is 1. The van der Waals surface area contributed by atoms with Gasteiger partial charge in [0, 0.05) is 11.0 Å². The summed E-state index contributed by atoms with van der Waals surface area (Å²) in [6.07, 6.45) is 2.83. The number of amides is 1. The summed E-state index contributed by atoms with van der Waals surface area (Å²) in [5, 5.41) is 3.27. The van der Waals surface area contributed by atoms with Crippen molar-refractivity contribution in [1.29, 1.82) is 0 Å². The van der Waals surface area contributed by atoms with E-state index in [2.05, 4.69) is 28.2 Å². The van der Waals surface area contributed by atoms with Crippen molar-refractivity contribution < 1.29 is 9.18 Å². The Labute approximate surface area is 121 Å². The maximum Gasteiger partial charge on any atom is 0.244 e. The molecule has 1 saturated heterocycles. The minimum atomic E-state index is -0.305. The zero-order valence-corrected chi connectivity index (χ0v) is 12.5. The lowest BCUT2D eigenvalue weighted by atomic mass is 10.0. The Kier molecular flexibility index (Phi) is 4.93. The molecule has 0 spiro atoms. The average molecular weight is 329 g/mol. The van der Waals surface area contributed by atoms with Crippen LogP contribution in [0.25, 0.3) is 0 Å². The SMILES string of the molecule is CCCNC1CCCN(c2ccc(F)cc2Br)C1=O. The van der Waals surface area contributed by atoms with Gasteiger partial charge in [-0.1, -0.05) is 6.92 Å². The average Bonchev–Trinajstić information content (AvgIpc) is 2.38. The van der Waals surface area contributed by atoms with Gasteiger partial charge >= 0.3 is 0 Å². The first kappa shape index (κ1) is 14.5. The Balaban J connectivity index is 2.17. The molecular formula is C14H18BrFN2O. The van der Waals surface area contributed by atoms with Crippen molar-refractivity contribution in [2.75, 3.05) is 18.0 Å². The third-order valence-corrected chi connectivity index (χ3v) is 3.92. The Morgan fingerprint density at radius 3 is 3.00 bits per heavy atom. The normalized spacial score (nSPS) is 19.8. The van der Waals surface area contributed by atoms with E-state index in [4.69, 9.17) is 0 Å². The predicted octanol–water partition coefficient (Wildman–Crippen LogP) is 3.08. The summed E-state index contributed by atoms with van der Waals surface area (Å²) in [7, 11) is 0. The molecule has 2 rings (SSSR count). The van der Waals surface area contributed by atoms with E-state index < -0.39 is 0 Å². The van der Waals surface area contributed by atoms with Crippen molar-refractivity contribution in [1.82, 2.24) is 5.32 Å². The monoisotopic (exact) mass is 328 g/mol. The van der Waals surface area contributed by atoms with Gasteiger partial charge < -0.3 is 10.2 Å². The molecule has 1 N–H and O–H groups in total. The summed E-state index contributed by atoms with van der Waals surface area (Å²) in [5.41, 5.74) is 0.745. The molecule has 104 valence electrons. The van der Waals surface area contributed by atoms with Crippen molar-refractivity contribution in [3.05, 3.63) is 28.5 Å². The molecule has 1 aliphatic heterocycles. The van der Waals surface area contributed by atoms with Crippen LogP contribution in [0.15, 0.2) is 22.7 Å². The van der Waals surface area contributed by atoms with Gasteiger partial charge in [0.05, 0.1) is 11.7 Å². The smallest absolute Gasteiger partial charge is 0.244 e. The molecular weight excluding hydrogens is 311 g/mol. The molecule has 1 atom stereocenters. The molecule has 1 unspecified atom stereocenters. The van der Waals surface area contributed by atoms with E-state index in [9.17, 15) is 9.18 Å². The molecule has 0 bridgehead atoms. The Bertz CT molecular complexity index is 467. The topological polar surface area (TPSA) is 32.3 Å². The Morgan fingerprint density at radius 2 is 2.32 bits per heavy atom. The van der Waals surface area contributed by atoms with Gasteiger partial charge in [0.15, 0.2) is 0 Å². The van der Waals surface area contributed by atoms with Gasteiger partial charge in [-0.15, -0.1) is 0 Å². The zero-order chi connectivity index (χ0) is 13.8. The summed E-state index contributed by atoms with van der Waals surface area (Å²) in [6, 6.07) is 4.31. The van der Waals surface area contributed by atoms with Crippen LogP contribution in [0.2, 0.25) is 0 Å². The van der Waals surface area contributed by atoms with Crippen LogP contribution < -0.4 is 10.2 Å². The number of hydrogen-bond acceptors (Lipinski definition) is 2. The number of nitrogens with one attached hydrogen (secondary N) is 1. The number of carbonyl (C=O) groups excluding carboxylic acids is 1. The minimum Gasteiger partial charge on any atom is -0.310 e. The highest BCUT2D eigenvalue weighted by Crippen LogP contribution is 2.29. The van der Waals surface area contributed by atoms with Crippen molar-refractivity contribution in [3.63, 3.8) is 0 Å². The zero-order valence-electron chi connectivity index (χ0n) is 11.0. The third kappa shape index (κ3) is 3.34. The number of nitrogens with zero attached hydrogens (tertiary/aromatic N) is 1. The molecule has 19 heavy (non-hydrogen) atoms. The van der Waals surface area contributed by atoms with Gasteiger partial charge in [0.1, 0.15) is 5.82 Å². The van der Waals surface area contributed by atoms with E-state index in [1.54, 1.807) is 11.0 Å². The molecule has 1 aromatic carbocycles. The van der Waals surface area contributed by atoms with Gasteiger partial charge in [-0.05, 0) is 59.9 Å². The molecule has 3 nitrogen and oxygen atoms in total. The second kappa shape index (κ2) is 6.48. The standard InChI is InChI=1S/C14H18BrFN2O/c1-2-7-17-12-4-3-8-18(14(12)19)13-6-5-10(16)9-11(13)15/h5-6,9,12,17H,2-4,7-8H2,1H3. The molecule has 1 aromatic rings. The van der Waals surface area contributed by atoms with Crippen molar-refractivity contribution in [2.45, 2.75) is 32.2 Å². The number of piperidine rings is 1. The summed E-state index contributed by atoms with van der Waals surface area (Å²) in [4.78, 5) is 14.2. The fourth-order valence-electron chi connectivity index (χ4n) is 2.32. The minimum absolute atomic E-state index is 0.0759. The molecule has 5 heteroatoms. The molecule has 0 radical (unpaired) electrons. The largest absolute Gasteiger partial charge is 0.310 e. The van der Waals surface area contributed by atoms with Gasteiger partial charge in [-0.3, -0.25) is 4.79 Å². The van der Waals surface area contributed by atoms with Crippen LogP contribution in [0.3, 0.4) is 0 Å². The van der Waals surface area contributed by atoms with Crippen molar-refractivity contribution >= 4 is 27.5 Å². The van der Waals surface area contributed by atoms with E-state index in [0.717, 1.165) is 31.5 Å². The van der Waals surface area contributed by atoms with Crippen molar-refractivity contribution in [3.8, 4) is 0 Å². The first-order chi connectivity index (χ1) is 9.13. The molecule has 0 aromatic heterocycles. The second-order valence-corrected chi connectivity index (χ2v) is 5.59. The van der Waals surface area contributed by atoms with Crippen molar-refractivity contribution in [2.24, 2.45) is 0 Å². The quantitative estimate of drug-likeness (QED) is 0.921. The van der Waals surface area contributed by atoms with E-state index in [1.807, 2.05) is 0 Å². The maximum absolute atomic E-state index is 13.1. The molecule has 1 amide bonds. The van der Waals surface area contributed by atoms with Gasteiger partial charge in [0.25, 0.3) is 0 Å². The van der Waals surface area contributed by atoms with Crippen LogP contribution in [-0.4, -0.2) is 25.0 Å². The van der Waals surface area contributed by atoms with E-state index in [1.165, 1.54) is 12.1 Å². The lowest BCUT2D eigenvalue weighted by molar-refractivity contribution is -0.121. The summed E-state index contributed by atoms with van der Waals surface area (Å²) in [6.45, 7) is 3.61. The number of hydrogen-bond donors (Lipinski definition) is 1. The highest BCUT2D eigenvalue weighted by atomic mass is 79.9. The first-order valence-electron chi connectivity index (χ1n) is 6.63. The molecule has 1 fully saturated rings. The van der Waals surface area contributed by atoms with Crippen LogP contribution in [0, 0.1) is 5.82 Å². The van der Waals surface area contributed by atoms with Gasteiger partial charge in [-0.25, -0.2) is 4.39 Å². The van der Waals surface area contributed by atoms with Gasteiger partial charge in [-0.2, -0.15) is 0 Å². The van der Waals surface area contributed by atoms with Crippen LogP contribution in [0.4, 0.5) is 10.1 Å². The van der Waals surface area contributed by atoms with Crippen LogP contribution >= 0.6 is 15.9 Å². The fraction of sp³-hybridized carbons (Fsp3) is 0.500. The number of anilines is 1. The number of halogens is 2. The summed E-state index contributed by atoms with van der Waals surface area (Å²) in [5.74, 6) is -0.229. The Hall–Kier alpha value is -0.940. The lowest BCUT2D eigenvalue weighted by Gasteiger charge is -2.33. The summed E-state index contributed by atoms with van der Waals surface area (Å²) < 4.78 is 13.7. The Morgan fingerprint density at radius 1 is 1.53 bits per heavy atom. The van der Waals surface area contributed by atoms with Crippen LogP contribution in [0.5, 0.6) is 0 Å². The predicted molar refractivity (Wildman–Crippen MR) is 77.8 cm³/mol. The fourth-order valence-corrected chi connectivity index (χ4v) is 2.89. The third-order valence-electron chi connectivity index (χ3n) is 3.28. The van der Waals surface area contributed by atoms with E-state index in [-0.39, 0.29) is 17.8 Å². The highest BCUT2D eigenvalue weighted by Gasteiger charge is 2.29. The number of rotatable bonds is 4. The van der Waals surface area contributed by atoms with E-state index >= 15 is 0 Å².